The molecule has 164 valence electrons. The highest BCUT2D eigenvalue weighted by molar-refractivity contribution is 5.96. The van der Waals surface area contributed by atoms with Crippen molar-refractivity contribution in [3.8, 4) is 5.75 Å². The van der Waals surface area contributed by atoms with Crippen molar-refractivity contribution in [2.24, 2.45) is 11.8 Å². The van der Waals surface area contributed by atoms with Crippen LogP contribution in [0.4, 0.5) is 0 Å². The van der Waals surface area contributed by atoms with Crippen molar-refractivity contribution in [2.75, 3.05) is 13.2 Å². The number of carbonyl (C=O) groups excluding carboxylic acids is 3. The average Bonchev–Trinajstić information content (AvgIpc) is 3.13. The molecule has 0 saturated carbocycles. The second-order valence-electron chi connectivity index (χ2n) is 8.16. The lowest BCUT2D eigenvalue weighted by atomic mass is 10.1. The van der Waals surface area contributed by atoms with Gasteiger partial charge in [-0.1, -0.05) is 44.2 Å². The normalized spacial score (nSPS) is 15.8. The zero-order valence-corrected chi connectivity index (χ0v) is 18.0. The summed E-state index contributed by atoms with van der Waals surface area (Å²) in [5.41, 5.74) is 6.29. The van der Waals surface area contributed by atoms with Gasteiger partial charge in [0.2, 0.25) is 11.8 Å². The van der Waals surface area contributed by atoms with Gasteiger partial charge in [-0.3, -0.25) is 25.2 Å². The molecule has 2 aromatic rings. The van der Waals surface area contributed by atoms with E-state index in [4.69, 9.17) is 4.74 Å². The van der Waals surface area contributed by atoms with Crippen LogP contribution in [0.2, 0.25) is 0 Å². The molecule has 7 nitrogen and oxygen atoms in total. The lowest BCUT2D eigenvalue weighted by Gasteiger charge is -2.16. The zero-order chi connectivity index (χ0) is 22.2. The van der Waals surface area contributed by atoms with Gasteiger partial charge in [-0.05, 0) is 42.2 Å². The van der Waals surface area contributed by atoms with Gasteiger partial charge in [-0.25, -0.2) is 0 Å². The molecule has 3 amide bonds. The largest absolute Gasteiger partial charge is 0.494 e. The van der Waals surface area contributed by atoms with Crippen LogP contribution in [0.15, 0.2) is 54.6 Å². The Labute approximate surface area is 182 Å². The first kappa shape index (κ1) is 22.3. The van der Waals surface area contributed by atoms with Gasteiger partial charge < -0.3 is 9.64 Å². The molecule has 2 aromatic carbocycles. The molecule has 0 bridgehead atoms. The minimum absolute atomic E-state index is 0.0663. The van der Waals surface area contributed by atoms with E-state index in [-0.39, 0.29) is 18.2 Å². The van der Waals surface area contributed by atoms with Crippen LogP contribution in [0, 0.1) is 11.8 Å². The first-order valence-corrected chi connectivity index (χ1v) is 10.6. The lowest BCUT2D eigenvalue weighted by Crippen LogP contribution is -2.45. The Morgan fingerprint density at radius 3 is 2.45 bits per heavy atom. The Morgan fingerprint density at radius 1 is 1.06 bits per heavy atom. The highest BCUT2D eigenvalue weighted by Gasteiger charge is 2.34. The summed E-state index contributed by atoms with van der Waals surface area (Å²) in [7, 11) is 0. The van der Waals surface area contributed by atoms with E-state index in [0.29, 0.717) is 36.9 Å². The number of benzene rings is 2. The molecule has 0 aliphatic carbocycles. The Balaban J connectivity index is 1.44. The summed E-state index contributed by atoms with van der Waals surface area (Å²) >= 11 is 0. The predicted molar refractivity (Wildman–Crippen MR) is 117 cm³/mol. The first-order valence-electron chi connectivity index (χ1n) is 10.6. The van der Waals surface area contributed by atoms with Crippen molar-refractivity contribution in [2.45, 2.75) is 33.2 Å². The number of nitrogens with one attached hydrogen (secondary N) is 2. The Hall–Kier alpha value is -3.35. The van der Waals surface area contributed by atoms with Crippen molar-refractivity contribution in [1.29, 1.82) is 0 Å². The van der Waals surface area contributed by atoms with E-state index in [1.54, 1.807) is 29.2 Å². The number of hydrogen-bond donors (Lipinski definition) is 2. The highest BCUT2D eigenvalue weighted by Crippen LogP contribution is 2.20. The monoisotopic (exact) mass is 423 g/mol. The molecule has 2 N–H and O–H groups in total. The Kier molecular flexibility index (Phi) is 7.65. The van der Waals surface area contributed by atoms with E-state index in [0.717, 1.165) is 12.0 Å². The summed E-state index contributed by atoms with van der Waals surface area (Å²) in [6, 6.07) is 16.4. The van der Waals surface area contributed by atoms with Crippen molar-refractivity contribution < 1.29 is 19.1 Å². The molecule has 1 aliphatic heterocycles. The third kappa shape index (κ3) is 6.57. The second-order valence-corrected chi connectivity index (χ2v) is 8.16. The van der Waals surface area contributed by atoms with Crippen LogP contribution in [-0.4, -0.2) is 35.8 Å². The molecule has 3 rings (SSSR count). The fourth-order valence-electron chi connectivity index (χ4n) is 3.31. The molecule has 1 fully saturated rings. The SMILES string of the molecule is CC(C)CCOc1ccc(C(=O)NNC(=O)C2CC(=O)N(Cc3ccccc3)C2)cc1. The molecule has 0 radical (unpaired) electrons. The summed E-state index contributed by atoms with van der Waals surface area (Å²) in [6.07, 6.45) is 1.09. The maximum atomic E-state index is 12.4. The van der Waals surface area contributed by atoms with E-state index in [2.05, 4.69) is 24.7 Å². The molecule has 1 atom stereocenters. The van der Waals surface area contributed by atoms with Crippen LogP contribution < -0.4 is 15.6 Å². The molecule has 0 aromatic heterocycles. The number of likely N-dealkylation sites (tertiary alicyclic amines) is 1. The summed E-state index contributed by atoms with van der Waals surface area (Å²) in [5.74, 6) is -0.0893. The Morgan fingerprint density at radius 2 is 1.77 bits per heavy atom. The van der Waals surface area contributed by atoms with Crippen LogP contribution >= 0.6 is 0 Å². The number of hydrazine groups is 1. The van der Waals surface area contributed by atoms with Crippen LogP contribution in [-0.2, 0) is 16.1 Å². The maximum absolute atomic E-state index is 12.4. The van der Waals surface area contributed by atoms with Crippen LogP contribution in [0.25, 0.3) is 0 Å². The molecule has 1 saturated heterocycles. The van der Waals surface area contributed by atoms with Gasteiger partial charge in [0.15, 0.2) is 0 Å². The topological polar surface area (TPSA) is 87.7 Å². The van der Waals surface area contributed by atoms with Gasteiger partial charge in [-0.2, -0.15) is 0 Å². The van der Waals surface area contributed by atoms with Crippen LogP contribution in [0.5, 0.6) is 5.75 Å². The van der Waals surface area contributed by atoms with Crippen molar-refractivity contribution in [1.82, 2.24) is 15.8 Å². The number of amides is 3. The lowest BCUT2D eigenvalue weighted by molar-refractivity contribution is -0.129. The van der Waals surface area contributed by atoms with E-state index < -0.39 is 11.8 Å². The summed E-state index contributed by atoms with van der Waals surface area (Å²) in [6.45, 7) is 5.70. The molecule has 31 heavy (non-hydrogen) atoms. The van der Waals surface area contributed by atoms with E-state index in [1.807, 2.05) is 30.3 Å². The van der Waals surface area contributed by atoms with Gasteiger partial charge in [0.05, 0.1) is 12.5 Å². The number of rotatable bonds is 8. The quantitative estimate of drug-likeness (QED) is 0.639. The Bertz CT molecular complexity index is 897. The highest BCUT2D eigenvalue weighted by atomic mass is 16.5. The van der Waals surface area contributed by atoms with Gasteiger partial charge in [0, 0.05) is 25.1 Å². The smallest absolute Gasteiger partial charge is 0.269 e. The molecule has 1 heterocycles. The molecule has 7 heteroatoms. The predicted octanol–water partition coefficient (Wildman–Crippen LogP) is 2.92. The second kappa shape index (κ2) is 10.6. The van der Waals surface area contributed by atoms with Crippen molar-refractivity contribution >= 4 is 17.7 Å². The van der Waals surface area contributed by atoms with E-state index >= 15 is 0 Å². The molecule has 1 aliphatic rings. The third-order valence-electron chi connectivity index (χ3n) is 5.18. The number of nitrogens with zero attached hydrogens (tertiary/aromatic N) is 1. The van der Waals surface area contributed by atoms with Crippen molar-refractivity contribution in [3.63, 3.8) is 0 Å². The molecule has 0 spiro atoms. The fourth-order valence-corrected chi connectivity index (χ4v) is 3.31. The van der Waals surface area contributed by atoms with Gasteiger partial charge >= 0.3 is 0 Å². The molecular formula is C24H29N3O4. The minimum Gasteiger partial charge on any atom is -0.494 e. The summed E-state index contributed by atoms with van der Waals surface area (Å²) in [5, 5.41) is 0. The fraction of sp³-hybridized carbons (Fsp3) is 0.375. The maximum Gasteiger partial charge on any atom is 0.269 e. The number of ether oxygens (including phenoxy) is 1. The van der Waals surface area contributed by atoms with Crippen LogP contribution in [0.1, 0.15) is 42.6 Å². The van der Waals surface area contributed by atoms with E-state index in [9.17, 15) is 14.4 Å². The summed E-state index contributed by atoms with van der Waals surface area (Å²) < 4.78 is 5.64. The number of carbonyl (C=O) groups is 3. The van der Waals surface area contributed by atoms with Crippen LogP contribution in [0.3, 0.4) is 0 Å². The first-order chi connectivity index (χ1) is 14.9. The van der Waals surface area contributed by atoms with Gasteiger partial charge in [-0.15, -0.1) is 0 Å². The van der Waals surface area contributed by atoms with E-state index in [1.165, 1.54) is 0 Å². The number of hydrogen-bond acceptors (Lipinski definition) is 4. The van der Waals surface area contributed by atoms with Gasteiger partial charge in [0.25, 0.3) is 5.91 Å². The summed E-state index contributed by atoms with van der Waals surface area (Å²) in [4.78, 5) is 38.6. The standard InChI is InChI=1S/C24H29N3O4/c1-17(2)12-13-31-21-10-8-19(9-11-21)23(29)25-26-24(30)20-14-22(28)27(16-20)15-18-6-4-3-5-7-18/h3-11,17,20H,12-16H2,1-2H3,(H,25,29)(H,26,30). The molecule has 1 unspecified atom stereocenters. The third-order valence-corrected chi connectivity index (χ3v) is 5.18. The van der Waals surface area contributed by atoms with Crippen molar-refractivity contribution in [3.05, 3.63) is 65.7 Å². The zero-order valence-electron chi connectivity index (χ0n) is 18.0. The average molecular weight is 424 g/mol. The van der Waals surface area contributed by atoms with Gasteiger partial charge in [0.1, 0.15) is 5.75 Å². The molecular weight excluding hydrogens is 394 g/mol. The minimum atomic E-state index is -0.492.